The van der Waals surface area contributed by atoms with Gasteiger partial charge in [0.2, 0.25) is 0 Å². The molecule has 0 radical (unpaired) electrons. The first kappa shape index (κ1) is 7.91. The lowest BCUT2D eigenvalue weighted by atomic mass is 10.1. The van der Waals surface area contributed by atoms with Crippen LogP contribution in [0, 0.1) is 0 Å². The van der Waals surface area contributed by atoms with Gasteiger partial charge in [0.1, 0.15) is 12.2 Å². The first-order valence-electron chi connectivity index (χ1n) is 3.25. The predicted molar refractivity (Wildman–Crippen MR) is 32.3 cm³/mol. The Hall–Kier alpha value is -0.190. The quantitative estimate of drug-likeness (QED) is 0.528. The minimum absolute atomic E-state index is 0.327. The van der Waals surface area contributed by atoms with Crippen LogP contribution in [-0.2, 0) is 4.74 Å². The molecule has 0 saturated carbocycles. The van der Waals surface area contributed by atoms with Gasteiger partial charge in [-0.05, 0) is 6.92 Å². The van der Waals surface area contributed by atoms with Crippen LogP contribution in [0.5, 0.6) is 0 Å². The average Bonchev–Trinajstić information content (AvgIpc) is 2.17. The van der Waals surface area contributed by atoms with E-state index in [9.17, 15) is 4.39 Å². The molecule has 0 aromatic carbocycles. The number of hydrogen-bond donors (Lipinski definition) is 2. The zero-order chi connectivity index (χ0) is 7.72. The van der Waals surface area contributed by atoms with Crippen molar-refractivity contribution < 1.29 is 19.3 Å². The summed E-state index contributed by atoms with van der Waals surface area (Å²) in [7, 11) is 0. The molecule has 10 heavy (non-hydrogen) atoms. The van der Waals surface area contributed by atoms with E-state index >= 15 is 0 Å². The molecule has 1 fully saturated rings. The van der Waals surface area contributed by atoms with E-state index in [2.05, 4.69) is 0 Å². The first-order chi connectivity index (χ1) is 4.66. The first-order valence-corrected chi connectivity index (χ1v) is 3.25. The fourth-order valence-electron chi connectivity index (χ4n) is 1.07. The number of ether oxygens (including phenoxy) is 1. The summed E-state index contributed by atoms with van der Waals surface area (Å²) in [5.41, 5.74) is 0. The normalized spacial score (nSPS) is 48.0. The molecule has 4 atom stereocenters. The van der Waals surface area contributed by atoms with Crippen molar-refractivity contribution in [1.29, 1.82) is 0 Å². The van der Waals surface area contributed by atoms with Crippen LogP contribution in [-0.4, -0.2) is 41.3 Å². The van der Waals surface area contributed by atoms with Crippen LogP contribution in [0.3, 0.4) is 0 Å². The van der Waals surface area contributed by atoms with Crippen molar-refractivity contribution in [3.63, 3.8) is 0 Å². The van der Waals surface area contributed by atoms with Gasteiger partial charge in [0.05, 0.1) is 12.7 Å². The molecule has 1 rings (SSSR count). The molecule has 2 N–H and O–H groups in total. The van der Waals surface area contributed by atoms with Crippen LogP contribution in [0.2, 0.25) is 0 Å². The maximum Gasteiger partial charge on any atom is 0.154 e. The highest BCUT2D eigenvalue weighted by Crippen LogP contribution is 2.22. The van der Waals surface area contributed by atoms with Crippen LogP contribution in [0.25, 0.3) is 0 Å². The Balaban J connectivity index is 2.53. The maximum atomic E-state index is 12.7. The molecular formula is C6H11FO3. The number of aliphatic hydroxyl groups is 2. The largest absolute Gasteiger partial charge is 0.394 e. The maximum absolute atomic E-state index is 12.7. The summed E-state index contributed by atoms with van der Waals surface area (Å²) < 4.78 is 17.5. The second kappa shape index (κ2) is 2.82. The molecule has 1 aliphatic rings. The molecule has 0 unspecified atom stereocenters. The highest BCUT2D eigenvalue weighted by molar-refractivity contribution is 4.88. The smallest absolute Gasteiger partial charge is 0.154 e. The molecule has 60 valence electrons. The summed E-state index contributed by atoms with van der Waals surface area (Å²) in [6, 6.07) is 0. The monoisotopic (exact) mass is 150 g/mol. The molecule has 4 heteroatoms. The van der Waals surface area contributed by atoms with E-state index in [0.717, 1.165) is 0 Å². The highest BCUT2D eigenvalue weighted by Gasteiger charge is 2.40. The van der Waals surface area contributed by atoms with Gasteiger partial charge >= 0.3 is 0 Å². The number of aliphatic hydroxyl groups excluding tert-OH is 2. The number of hydrogen-bond acceptors (Lipinski definition) is 3. The average molecular weight is 150 g/mol. The van der Waals surface area contributed by atoms with Crippen molar-refractivity contribution in [3.8, 4) is 0 Å². The SMILES string of the molecule is C[C@H]1O[C@@H](CO)[C@H](O)[C@H]1F. The minimum Gasteiger partial charge on any atom is -0.394 e. The Morgan fingerprint density at radius 3 is 2.40 bits per heavy atom. The molecule has 1 aliphatic heterocycles. The van der Waals surface area contributed by atoms with Crippen molar-refractivity contribution in [1.82, 2.24) is 0 Å². The molecule has 0 aromatic rings. The molecule has 0 aromatic heterocycles. The van der Waals surface area contributed by atoms with Crippen molar-refractivity contribution in [2.75, 3.05) is 6.61 Å². The van der Waals surface area contributed by atoms with Gasteiger partial charge in [-0.1, -0.05) is 0 Å². The molecule has 1 saturated heterocycles. The molecule has 0 spiro atoms. The Morgan fingerprint density at radius 1 is 1.60 bits per heavy atom. The van der Waals surface area contributed by atoms with E-state index in [1.807, 2.05) is 0 Å². The summed E-state index contributed by atoms with van der Waals surface area (Å²) in [4.78, 5) is 0. The predicted octanol–water partition coefficient (Wildman–Crippen LogP) is -0.535. The molecule has 1 heterocycles. The van der Waals surface area contributed by atoms with Crippen LogP contribution in [0.15, 0.2) is 0 Å². The minimum atomic E-state index is -1.36. The van der Waals surface area contributed by atoms with Crippen LogP contribution in [0.1, 0.15) is 6.92 Å². The van der Waals surface area contributed by atoms with E-state index in [1.165, 1.54) is 6.92 Å². The fraction of sp³-hybridized carbons (Fsp3) is 1.00. The van der Waals surface area contributed by atoms with Gasteiger partial charge < -0.3 is 14.9 Å². The van der Waals surface area contributed by atoms with Gasteiger partial charge in [-0.25, -0.2) is 4.39 Å². The van der Waals surface area contributed by atoms with E-state index < -0.39 is 24.5 Å². The third kappa shape index (κ3) is 1.14. The van der Waals surface area contributed by atoms with Gasteiger partial charge in [0.25, 0.3) is 0 Å². The van der Waals surface area contributed by atoms with Crippen molar-refractivity contribution in [2.45, 2.75) is 31.4 Å². The Morgan fingerprint density at radius 2 is 2.20 bits per heavy atom. The summed E-state index contributed by atoms with van der Waals surface area (Å²) in [5.74, 6) is 0. The van der Waals surface area contributed by atoms with E-state index in [-0.39, 0.29) is 6.61 Å². The highest BCUT2D eigenvalue weighted by atomic mass is 19.1. The topological polar surface area (TPSA) is 49.7 Å². The lowest BCUT2D eigenvalue weighted by Gasteiger charge is -2.09. The summed E-state index contributed by atoms with van der Waals surface area (Å²) in [6.07, 6.45) is -3.88. The van der Waals surface area contributed by atoms with Crippen LogP contribution < -0.4 is 0 Å². The summed E-state index contributed by atoms with van der Waals surface area (Å²) >= 11 is 0. The van der Waals surface area contributed by atoms with Gasteiger partial charge in [-0.2, -0.15) is 0 Å². The molecular weight excluding hydrogens is 139 g/mol. The number of halogens is 1. The van der Waals surface area contributed by atoms with Gasteiger partial charge in [-0.3, -0.25) is 0 Å². The Bertz CT molecular complexity index is 120. The third-order valence-electron chi connectivity index (χ3n) is 1.73. The molecule has 0 aliphatic carbocycles. The summed E-state index contributed by atoms with van der Waals surface area (Å²) in [6.45, 7) is 1.20. The van der Waals surface area contributed by atoms with Crippen LogP contribution >= 0.6 is 0 Å². The number of alkyl halides is 1. The lowest BCUT2D eigenvalue weighted by Crippen LogP contribution is -2.30. The van der Waals surface area contributed by atoms with E-state index in [4.69, 9.17) is 14.9 Å². The zero-order valence-electron chi connectivity index (χ0n) is 5.70. The Kier molecular flexibility index (Phi) is 2.23. The lowest BCUT2D eigenvalue weighted by molar-refractivity contribution is -0.0171. The number of rotatable bonds is 1. The van der Waals surface area contributed by atoms with E-state index in [0.29, 0.717) is 0 Å². The second-order valence-corrected chi connectivity index (χ2v) is 2.50. The van der Waals surface area contributed by atoms with Crippen LogP contribution in [0.4, 0.5) is 4.39 Å². The third-order valence-corrected chi connectivity index (χ3v) is 1.73. The van der Waals surface area contributed by atoms with Crippen molar-refractivity contribution in [3.05, 3.63) is 0 Å². The molecule has 0 bridgehead atoms. The Labute approximate surface area is 58.4 Å². The molecule has 3 nitrogen and oxygen atoms in total. The van der Waals surface area contributed by atoms with Gasteiger partial charge in [-0.15, -0.1) is 0 Å². The van der Waals surface area contributed by atoms with Crippen molar-refractivity contribution >= 4 is 0 Å². The fourth-order valence-corrected chi connectivity index (χ4v) is 1.07. The zero-order valence-corrected chi connectivity index (χ0v) is 5.70. The van der Waals surface area contributed by atoms with Crippen molar-refractivity contribution in [2.24, 2.45) is 0 Å². The standard InChI is InChI=1S/C6H11FO3/c1-3-5(7)6(9)4(2-8)10-3/h3-6,8-9H,2H2,1H3/t3-,4+,5+,6+/m1/s1. The van der Waals surface area contributed by atoms with E-state index in [1.54, 1.807) is 0 Å². The van der Waals surface area contributed by atoms with Gasteiger partial charge in [0, 0.05) is 0 Å². The summed E-state index contributed by atoms with van der Waals surface area (Å²) in [5, 5.41) is 17.5. The second-order valence-electron chi connectivity index (χ2n) is 2.50. The molecule has 0 amide bonds. The van der Waals surface area contributed by atoms with Gasteiger partial charge in [0.15, 0.2) is 6.17 Å².